The Morgan fingerprint density at radius 3 is 2.61 bits per heavy atom. The Labute approximate surface area is 110 Å². The number of likely N-dealkylation sites (N-methyl/N-ethyl adjacent to an activating group) is 1. The van der Waals surface area contributed by atoms with Gasteiger partial charge in [-0.25, -0.2) is 0 Å². The van der Waals surface area contributed by atoms with E-state index < -0.39 is 0 Å². The highest BCUT2D eigenvalue weighted by Gasteiger charge is 2.24. The second-order valence-electron chi connectivity index (χ2n) is 5.19. The first kappa shape index (κ1) is 13.5. The second-order valence-corrected chi connectivity index (χ2v) is 5.19. The van der Waals surface area contributed by atoms with Crippen molar-refractivity contribution in [3.05, 3.63) is 35.9 Å². The Morgan fingerprint density at radius 2 is 1.94 bits per heavy atom. The van der Waals surface area contributed by atoms with E-state index in [4.69, 9.17) is 10.5 Å². The molecule has 0 aliphatic carbocycles. The molecule has 0 aromatic heterocycles. The molecule has 1 aromatic rings. The van der Waals surface area contributed by atoms with Crippen molar-refractivity contribution in [3.8, 4) is 0 Å². The second kappa shape index (κ2) is 6.88. The van der Waals surface area contributed by atoms with E-state index in [1.807, 2.05) is 0 Å². The number of nitrogens with two attached hydrogens (primary N) is 1. The van der Waals surface area contributed by atoms with Gasteiger partial charge in [-0.1, -0.05) is 30.3 Å². The monoisotopic (exact) mass is 248 g/mol. The molecule has 1 aliphatic rings. The average Bonchev–Trinajstić information content (AvgIpc) is 2.85. The summed E-state index contributed by atoms with van der Waals surface area (Å²) in [6.45, 7) is 2.75. The Hall–Kier alpha value is -0.900. The Kier molecular flexibility index (Phi) is 5.17. The van der Waals surface area contributed by atoms with Crippen molar-refractivity contribution >= 4 is 0 Å². The number of benzene rings is 1. The van der Waals surface area contributed by atoms with Crippen LogP contribution in [-0.4, -0.2) is 43.8 Å². The molecule has 1 fully saturated rings. The fourth-order valence-corrected chi connectivity index (χ4v) is 2.49. The first-order chi connectivity index (χ1) is 8.78. The first-order valence-corrected chi connectivity index (χ1v) is 6.86. The minimum absolute atomic E-state index is 0.289. The lowest BCUT2D eigenvalue weighted by molar-refractivity contribution is 0.0320. The zero-order chi connectivity index (χ0) is 12.8. The van der Waals surface area contributed by atoms with Gasteiger partial charge in [0.15, 0.2) is 0 Å². The highest BCUT2D eigenvalue weighted by Crippen LogP contribution is 2.19. The lowest BCUT2D eigenvalue weighted by Crippen LogP contribution is -2.31. The van der Waals surface area contributed by atoms with Crippen LogP contribution >= 0.6 is 0 Å². The number of nitrogens with zero attached hydrogens (tertiary/aromatic N) is 1. The lowest BCUT2D eigenvalue weighted by atomic mass is 10.1. The molecule has 0 radical (unpaired) electrons. The molecular weight excluding hydrogens is 224 g/mol. The molecule has 0 spiro atoms. The van der Waals surface area contributed by atoms with Crippen molar-refractivity contribution in [1.29, 1.82) is 0 Å². The van der Waals surface area contributed by atoms with Crippen molar-refractivity contribution in [2.75, 3.05) is 26.7 Å². The van der Waals surface area contributed by atoms with Crippen LogP contribution in [0.5, 0.6) is 0 Å². The molecular formula is C15H24N2O. The van der Waals surface area contributed by atoms with E-state index in [2.05, 4.69) is 42.3 Å². The predicted octanol–water partition coefficient (Wildman–Crippen LogP) is 1.67. The molecule has 1 saturated heterocycles. The van der Waals surface area contributed by atoms with Gasteiger partial charge in [-0.05, 0) is 31.9 Å². The molecule has 2 rings (SSSR count). The molecule has 1 aliphatic heterocycles. The van der Waals surface area contributed by atoms with Crippen molar-refractivity contribution in [3.63, 3.8) is 0 Å². The fraction of sp³-hybridized carbons (Fsp3) is 0.600. The standard InChI is InChI=1S/C15H24N2O/c1-17(10-9-13-5-3-2-4-6-13)12-15-8-7-14(11-16)18-15/h2-6,14-15H,7-12,16H2,1H3. The predicted molar refractivity (Wildman–Crippen MR) is 74.6 cm³/mol. The zero-order valence-electron chi connectivity index (χ0n) is 11.2. The van der Waals surface area contributed by atoms with Crippen molar-refractivity contribution < 1.29 is 4.74 Å². The van der Waals surface area contributed by atoms with Crippen LogP contribution in [0, 0.1) is 0 Å². The summed E-state index contributed by atoms with van der Waals surface area (Å²) < 4.78 is 5.87. The molecule has 1 heterocycles. The summed E-state index contributed by atoms with van der Waals surface area (Å²) in [4.78, 5) is 2.36. The molecule has 2 unspecified atom stereocenters. The van der Waals surface area contributed by atoms with Gasteiger partial charge in [0.25, 0.3) is 0 Å². The van der Waals surface area contributed by atoms with Gasteiger partial charge in [0, 0.05) is 19.6 Å². The van der Waals surface area contributed by atoms with E-state index in [1.165, 1.54) is 5.56 Å². The highest BCUT2D eigenvalue weighted by atomic mass is 16.5. The van der Waals surface area contributed by atoms with Crippen molar-refractivity contribution in [2.24, 2.45) is 5.73 Å². The Morgan fingerprint density at radius 1 is 1.22 bits per heavy atom. The highest BCUT2D eigenvalue weighted by molar-refractivity contribution is 5.14. The minimum atomic E-state index is 0.289. The number of hydrogen-bond donors (Lipinski definition) is 1. The van der Waals surface area contributed by atoms with Gasteiger partial charge in [-0.2, -0.15) is 0 Å². The topological polar surface area (TPSA) is 38.5 Å². The summed E-state index contributed by atoms with van der Waals surface area (Å²) in [6.07, 6.45) is 4.03. The van der Waals surface area contributed by atoms with Crippen LogP contribution in [-0.2, 0) is 11.2 Å². The van der Waals surface area contributed by atoms with Crippen LogP contribution in [0.25, 0.3) is 0 Å². The van der Waals surface area contributed by atoms with E-state index >= 15 is 0 Å². The summed E-state index contributed by atoms with van der Waals surface area (Å²) in [5, 5.41) is 0. The van der Waals surface area contributed by atoms with Crippen LogP contribution in [0.4, 0.5) is 0 Å². The van der Waals surface area contributed by atoms with Gasteiger partial charge in [-0.15, -0.1) is 0 Å². The number of hydrogen-bond acceptors (Lipinski definition) is 3. The smallest absolute Gasteiger partial charge is 0.0707 e. The molecule has 2 atom stereocenters. The summed E-state index contributed by atoms with van der Waals surface area (Å²) in [6, 6.07) is 10.6. The van der Waals surface area contributed by atoms with E-state index in [0.717, 1.165) is 32.4 Å². The maximum absolute atomic E-state index is 5.87. The average molecular weight is 248 g/mol. The molecule has 0 bridgehead atoms. The molecule has 18 heavy (non-hydrogen) atoms. The summed E-state index contributed by atoms with van der Waals surface area (Å²) in [5.41, 5.74) is 7.02. The van der Waals surface area contributed by atoms with Crippen LogP contribution in [0.2, 0.25) is 0 Å². The zero-order valence-corrected chi connectivity index (χ0v) is 11.2. The minimum Gasteiger partial charge on any atom is -0.372 e. The van der Waals surface area contributed by atoms with Gasteiger partial charge < -0.3 is 15.4 Å². The largest absolute Gasteiger partial charge is 0.372 e. The van der Waals surface area contributed by atoms with E-state index in [-0.39, 0.29) is 6.10 Å². The van der Waals surface area contributed by atoms with Crippen LogP contribution in [0.1, 0.15) is 18.4 Å². The van der Waals surface area contributed by atoms with Gasteiger partial charge in [0.05, 0.1) is 12.2 Å². The van der Waals surface area contributed by atoms with Crippen LogP contribution in [0.3, 0.4) is 0 Å². The van der Waals surface area contributed by atoms with Gasteiger partial charge >= 0.3 is 0 Å². The molecule has 0 amide bonds. The third-order valence-electron chi connectivity index (χ3n) is 3.60. The third-order valence-corrected chi connectivity index (χ3v) is 3.60. The molecule has 3 nitrogen and oxygen atoms in total. The summed E-state index contributed by atoms with van der Waals surface area (Å²) in [7, 11) is 2.17. The molecule has 100 valence electrons. The molecule has 2 N–H and O–H groups in total. The Balaban J connectivity index is 1.68. The number of rotatable bonds is 6. The molecule has 3 heteroatoms. The maximum atomic E-state index is 5.87. The quantitative estimate of drug-likeness (QED) is 0.832. The van der Waals surface area contributed by atoms with Gasteiger partial charge in [0.1, 0.15) is 0 Å². The summed E-state index contributed by atoms with van der Waals surface area (Å²) >= 11 is 0. The molecule has 1 aromatic carbocycles. The normalized spacial score (nSPS) is 23.7. The third kappa shape index (κ3) is 4.09. The fourth-order valence-electron chi connectivity index (χ4n) is 2.49. The maximum Gasteiger partial charge on any atom is 0.0707 e. The van der Waals surface area contributed by atoms with Crippen LogP contribution < -0.4 is 5.73 Å². The number of ether oxygens (including phenoxy) is 1. The van der Waals surface area contributed by atoms with Gasteiger partial charge in [0.2, 0.25) is 0 Å². The SMILES string of the molecule is CN(CCc1ccccc1)CC1CCC(CN)O1. The first-order valence-electron chi connectivity index (χ1n) is 6.86. The van der Waals surface area contributed by atoms with E-state index in [0.29, 0.717) is 12.6 Å². The molecule has 0 saturated carbocycles. The van der Waals surface area contributed by atoms with E-state index in [1.54, 1.807) is 0 Å². The van der Waals surface area contributed by atoms with Crippen molar-refractivity contribution in [2.45, 2.75) is 31.5 Å². The summed E-state index contributed by atoms with van der Waals surface area (Å²) in [5.74, 6) is 0. The van der Waals surface area contributed by atoms with Gasteiger partial charge in [-0.3, -0.25) is 0 Å². The lowest BCUT2D eigenvalue weighted by Gasteiger charge is -2.21. The Bertz CT molecular complexity index is 342. The van der Waals surface area contributed by atoms with Crippen LogP contribution in [0.15, 0.2) is 30.3 Å². The van der Waals surface area contributed by atoms with E-state index in [9.17, 15) is 0 Å². The van der Waals surface area contributed by atoms with Crippen molar-refractivity contribution in [1.82, 2.24) is 4.90 Å².